The Hall–Kier alpha value is -1.41. The van der Waals surface area contributed by atoms with Gasteiger partial charge in [0.15, 0.2) is 0 Å². The Morgan fingerprint density at radius 3 is 2.27 bits per heavy atom. The van der Waals surface area contributed by atoms with E-state index >= 15 is 0 Å². The molecule has 3 heterocycles. The maximum absolute atomic E-state index is 12.2. The zero-order chi connectivity index (χ0) is 18.7. The van der Waals surface area contributed by atoms with E-state index in [0.29, 0.717) is 6.04 Å². The first-order valence-electron chi connectivity index (χ1n) is 9.26. The van der Waals surface area contributed by atoms with E-state index in [1.54, 1.807) is 6.20 Å². The van der Waals surface area contributed by atoms with Crippen molar-refractivity contribution >= 4 is 27.8 Å². The lowest BCUT2D eigenvalue weighted by atomic mass is 10.0. The minimum atomic E-state index is -0.434. The summed E-state index contributed by atoms with van der Waals surface area (Å²) < 4.78 is 6.24. The van der Waals surface area contributed by atoms with E-state index in [0.717, 1.165) is 62.5 Å². The van der Waals surface area contributed by atoms with Crippen molar-refractivity contribution in [2.24, 2.45) is 0 Å². The van der Waals surface area contributed by atoms with Crippen molar-refractivity contribution in [2.45, 2.75) is 45.3 Å². The summed E-state index contributed by atoms with van der Waals surface area (Å²) in [5, 5.41) is 0. The average Bonchev–Trinajstić information content (AvgIpc) is 2.61. The van der Waals surface area contributed by atoms with Crippen LogP contribution in [0.1, 0.15) is 33.6 Å². The molecule has 3 rings (SSSR count). The van der Waals surface area contributed by atoms with Gasteiger partial charge in [-0.1, -0.05) is 0 Å². The third-order valence-corrected chi connectivity index (χ3v) is 5.29. The van der Waals surface area contributed by atoms with Gasteiger partial charge in [0.2, 0.25) is 0 Å². The Balaban J connectivity index is 1.45. The highest BCUT2D eigenvalue weighted by atomic mass is 79.9. The molecular formula is C18H28BrN5O2. The fourth-order valence-electron chi connectivity index (χ4n) is 3.52. The van der Waals surface area contributed by atoms with Crippen LogP contribution in [-0.2, 0) is 4.74 Å². The molecule has 2 saturated heterocycles. The Morgan fingerprint density at radius 1 is 1.08 bits per heavy atom. The number of piperazine rings is 1. The van der Waals surface area contributed by atoms with Crippen molar-refractivity contribution in [3.8, 4) is 0 Å². The molecule has 0 radical (unpaired) electrons. The molecule has 0 saturated carbocycles. The molecule has 0 atom stereocenters. The number of hydrogen-bond donors (Lipinski definition) is 0. The third-order valence-electron chi connectivity index (χ3n) is 4.88. The Labute approximate surface area is 163 Å². The monoisotopic (exact) mass is 425 g/mol. The van der Waals surface area contributed by atoms with Gasteiger partial charge in [0.25, 0.3) is 0 Å². The van der Waals surface area contributed by atoms with E-state index in [9.17, 15) is 4.79 Å². The molecule has 144 valence electrons. The maximum atomic E-state index is 12.2. The molecule has 2 aliphatic rings. The zero-order valence-corrected chi connectivity index (χ0v) is 17.4. The number of hydrogen-bond acceptors (Lipinski definition) is 6. The molecule has 8 heteroatoms. The Morgan fingerprint density at radius 2 is 1.73 bits per heavy atom. The van der Waals surface area contributed by atoms with Crippen LogP contribution >= 0.6 is 15.9 Å². The summed E-state index contributed by atoms with van der Waals surface area (Å²) in [4.78, 5) is 27.5. The van der Waals surface area contributed by atoms with Crippen LogP contribution in [0.2, 0.25) is 0 Å². The second-order valence-corrected chi connectivity index (χ2v) is 8.73. The van der Waals surface area contributed by atoms with E-state index in [1.807, 2.05) is 31.9 Å². The van der Waals surface area contributed by atoms with Gasteiger partial charge in [-0.2, -0.15) is 0 Å². The molecule has 2 aliphatic heterocycles. The second kappa shape index (κ2) is 8.08. The van der Waals surface area contributed by atoms with Gasteiger partial charge in [-0.25, -0.2) is 14.8 Å². The van der Waals surface area contributed by atoms with Crippen LogP contribution in [0.15, 0.2) is 17.0 Å². The van der Waals surface area contributed by atoms with Gasteiger partial charge in [-0.3, -0.25) is 4.90 Å². The quantitative estimate of drug-likeness (QED) is 0.725. The summed E-state index contributed by atoms with van der Waals surface area (Å²) in [5.41, 5.74) is -0.434. The second-order valence-electron chi connectivity index (χ2n) is 7.92. The first kappa shape index (κ1) is 19.4. The van der Waals surface area contributed by atoms with Crippen molar-refractivity contribution in [1.29, 1.82) is 0 Å². The summed E-state index contributed by atoms with van der Waals surface area (Å²) in [6.45, 7) is 11.0. The standard InChI is InChI=1S/C18H28BrN5O2/c1-18(2,3)26-17(25)24-10-8-22(9-11-24)14-4-6-23(7-5-14)16-13-20-15(19)12-21-16/h12-14H,4-11H2,1-3H3. The summed E-state index contributed by atoms with van der Waals surface area (Å²) in [6.07, 6.45) is 5.61. The molecule has 7 nitrogen and oxygen atoms in total. The Kier molecular flexibility index (Phi) is 6.02. The number of anilines is 1. The lowest BCUT2D eigenvalue weighted by Crippen LogP contribution is -2.55. The van der Waals surface area contributed by atoms with Crippen molar-refractivity contribution in [1.82, 2.24) is 19.8 Å². The molecule has 1 aromatic rings. The predicted molar refractivity (Wildman–Crippen MR) is 104 cm³/mol. The number of piperidine rings is 1. The van der Waals surface area contributed by atoms with Gasteiger partial charge >= 0.3 is 6.09 Å². The molecule has 0 N–H and O–H groups in total. The smallest absolute Gasteiger partial charge is 0.410 e. The molecular weight excluding hydrogens is 398 g/mol. The van der Waals surface area contributed by atoms with E-state index < -0.39 is 5.60 Å². The number of amides is 1. The molecule has 1 amide bonds. The molecule has 1 aromatic heterocycles. The number of rotatable bonds is 2. The summed E-state index contributed by atoms with van der Waals surface area (Å²) in [6, 6.07) is 0.579. The van der Waals surface area contributed by atoms with Crippen molar-refractivity contribution in [3.63, 3.8) is 0 Å². The first-order valence-corrected chi connectivity index (χ1v) is 10.1. The maximum Gasteiger partial charge on any atom is 0.410 e. The van der Waals surface area contributed by atoms with Crippen LogP contribution in [0.3, 0.4) is 0 Å². The number of halogens is 1. The number of carbonyl (C=O) groups excluding carboxylic acids is 1. The number of nitrogens with zero attached hydrogens (tertiary/aromatic N) is 5. The number of carbonyl (C=O) groups is 1. The minimum Gasteiger partial charge on any atom is -0.444 e. The van der Waals surface area contributed by atoms with E-state index in [1.165, 1.54) is 0 Å². The van der Waals surface area contributed by atoms with E-state index in [2.05, 4.69) is 35.7 Å². The van der Waals surface area contributed by atoms with E-state index in [4.69, 9.17) is 4.74 Å². The molecule has 0 unspecified atom stereocenters. The Bertz CT molecular complexity index is 603. The lowest BCUT2D eigenvalue weighted by molar-refractivity contribution is 0.00901. The SMILES string of the molecule is CC(C)(C)OC(=O)N1CCN(C2CCN(c3cnc(Br)cn3)CC2)CC1. The van der Waals surface area contributed by atoms with Gasteiger partial charge in [0.05, 0.1) is 12.4 Å². The predicted octanol–water partition coefficient (Wildman–Crippen LogP) is 2.76. The van der Waals surface area contributed by atoms with Crippen LogP contribution < -0.4 is 4.90 Å². The highest BCUT2D eigenvalue weighted by Gasteiger charge is 2.30. The van der Waals surface area contributed by atoms with Gasteiger partial charge in [-0.15, -0.1) is 0 Å². The molecule has 26 heavy (non-hydrogen) atoms. The van der Waals surface area contributed by atoms with Crippen LogP contribution in [0.4, 0.5) is 10.6 Å². The average molecular weight is 426 g/mol. The topological polar surface area (TPSA) is 61.8 Å². The van der Waals surface area contributed by atoms with Crippen LogP contribution in [-0.4, -0.2) is 76.8 Å². The summed E-state index contributed by atoms with van der Waals surface area (Å²) >= 11 is 3.33. The van der Waals surface area contributed by atoms with Crippen molar-refractivity contribution < 1.29 is 9.53 Å². The van der Waals surface area contributed by atoms with Crippen molar-refractivity contribution in [2.75, 3.05) is 44.2 Å². The van der Waals surface area contributed by atoms with Gasteiger partial charge in [-0.05, 0) is 49.5 Å². The molecule has 2 fully saturated rings. The zero-order valence-electron chi connectivity index (χ0n) is 15.8. The van der Waals surface area contributed by atoms with Crippen LogP contribution in [0.25, 0.3) is 0 Å². The molecule has 0 aliphatic carbocycles. The summed E-state index contributed by atoms with van der Waals surface area (Å²) in [5.74, 6) is 0.946. The fraction of sp³-hybridized carbons (Fsp3) is 0.722. The third kappa shape index (κ3) is 5.07. The van der Waals surface area contributed by atoms with Gasteiger partial charge < -0.3 is 14.5 Å². The molecule has 0 bridgehead atoms. The molecule has 0 spiro atoms. The highest BCUT2D eigenvalue weighted by molar-refractivity contribution is 9.10. The normalized spacial score (nSPS) is 20.3. The lowest BCUT2D eigenvalue weighted by Gasteiger charge is -2.43. The van der Waals surface area contributed by atoms with Crippen LogP contribution in [0.5, 0.6) is 0 Å². The first-order chi connectivity index (χ1) is 12.3. The van der Waals surface area contributed by atoms with Gasteiger partial charge in [0, 0.05) is 45.3 Å². The van der Waals surface area contributed by atoms with E-state index in [-0.39, 0.29) is 6.09 Å². The summed E-state index contributed by atoms with van der Waals surface area (Å²) in [7, 11) is 0. The van der Waals surface area contributed by atoms with Gasteiger partial charge in [0.1, 0.15) is 16.0 Å². The van der Waals surface area contributed by atoms with Crippen molar-refractivity contribution in [3.05, 3.63) is 17.0 Å². The fourth-order valence-corrected chi connectivity index (χ4v) is 3.73. The largest absolute Gasteiger partial charge is 0.444 e. The minimum absolute atomic E-state index is 0.194. The molecule has 0 aromatic carbocycles. The highest BCUT2D eigenvalue weighted by Crippen LogP contribution is 2.22. The number of ether oxygens (including phenoxy) is 1. The number of aromatic nitrogens is 2. The van der Waals surface area contributed by atoms with Crippen LogP contribution in [0, 0.1) is 0 Å².